The van der Waals surface area contributed by atoms with Crippen LogP contribution in [0.5, 0.6) is 0 Å². The monoisotopic (exact) mass is 314 g/mol. The van der Waals surface area contributed by atoms with Crippen LogP contribution in [-0.2, 0) is 4.79 Å². The van der Waals surface area contributed by atoms with Crippen molar-refractivity contribution in [1.82, 2.24) is 24.6 Å². The smallest absolute Gasteiger partial charge is 0.222 e. The van der Waals surface area contributed by atoms with Gasteiger partial charge in [0.15, 0.2) is 5.82 Å². The number of aromatic nitrogens is 4. The second kappa shape index (κ2) is 6.36. The quantitative estimate of drug-likeness (QED) is 0.929. The van der Waals surface area contributed by atoms with Crippen molar-refractivity contribution in [1.29, 1.82) is 0 Å². The molecule has 7 nitrogen and oxygen atoms in total. The van der Waals surface area contributed by atoms with Gasteiger partial charge in [0.25, 0.3) is 0 Å². The Labute approximate surface area is 135 Å². The normalized spacial score (nSPS) is 17.5. The number of nitrogens with zero attached hydrogens (tertiary/aromatic N) is 5. The molecule has 0 aliphatic carbocycles. The lowest BCUT2D eigenvalue weighted by atomic mass is 10.2. The van der Waals surface area contributed by atoms with Crippen molar-refractivity contribution in [3.05, 3.63) is 29.8 Å². The van der Waals surface area contributed by atoms with E-state index < -0.39 is 0 Å². The predicted molar refractivity (Wildman–Crippen MR) is 87.5 cm³/mol. The van der Waals surface area contributed by atoms with Gasteiger partial charge in [-0.05, 0) is 26.3 Å². The molecule has 2 aromatic rings. The van der Waals surface area contributed by atoms with Gasteiger partial charge in [0.2, 0.25) is 5.91 Å². The molecule has 3 heterocycles. The Kier molecular flexibility index (Phi) is 4.27. The van der Waals surface area contributed by atoms with Crippen LogP contribution in [0.15, 0.2) is 18.5 Å². The van der Waals surface area contributed by atoms with Crippen molar-refractivity contribution in [3.8, 4) is 5.82 Å². The zero-order valence-corrected chi connectivity index (χ0v) is 13.8. The molecule has 23 heavy (non-hydrogen) atoms. The SMILES string of the molecule is CCC(=O)N1CCC(Nc2cncc(-n3nc(C)cc3C)n2)C1. The Bertz CT molecular complexity index is 710. The molecule has 1 aliphatic heterocycles. The fourth-order valence-corrected chi connectivity index (χ4v) is 2.93. The summed E-state index contributed by atoms with van der Waals surface area (Å²) in [7, 11) is 0. The van der Waals surface area contributed by atoms with E-state index in [1.807, 2.05) is 31.7 Å². The van der Waals surface area contributed by atoms with E-state index in [1.165, 1.54) is 0 Å². The van der Waals surface area contributed by atoms with Crippen LogP contribution in [0, 0.1) is 13.8 Å². The summed E-state index contributed by atoms with van der Waals surface area (Å²) in [5.74, 6) is 1.61. The van der Waals surface area contributed by atoms with Crippen molar-refractivity contribution in [2.75, 3.05) is 18.4 Å². The number of nitrogens with one attached hydrogen (secondary N) is 1. The highest BCUT2D eigenvalue weighted by Crippen LogP contribution is 2.16. The highest BCUT2D eigenvalue weighted by atomic mass is 16.2. The lowest BCUT2D eigenvalue weighted by molar-refractivity contribution is -0.129. The Morgan fingerprint density at radius 1 is 1.39 bits per heavy atom. The average molecular weight is 314 g/mol. The van der Waals surface area contributed by atoms with Crippen LogP contribution in [0.2, 0.25) is 0 Å². The van der Waals surface area contributed by atoms with Gasteiger partial charge < -0.3 is 10.2 Å². The second-order valence-corrected chi connectivity index (χ2v) is 5.92. The van der Waals surface area contributed by atoms with Crippen LogP contribution in [0.1, 0.15) is 31.2 Å². The van der Waals surface area contributed by atoms with E-state index in [-0.39, 0.29) is 11.9 Å². The maximum absolute atomic E-state index is 11.7. The molecule has 0 spiro atoms. The predicted octanol–water partition coefficient (Wildman–Crippen LogP) is 1.70. The molecule has 0 aromatic carbocycles. The number of carbonyl (C=O) groups excluding carboxylic acids is 1. The zero-order valence-electron chi connectivity index (χ0n) is 13.8. The minimum atomic E-state index is 0.205. The maximum atomic E-state index is 11.7. The summed E-state index contributed by atoms with van der Waals surface area (Å²) in [5, 5.41) is 7.81. The van der Waals surface area contributed by atoms with Crippen molar-refractivity contribution in [3.63, 3.8) is 0 Å². The average Bonchev–Trinajstić information content (AvgIpc) is 3.13. The molecule has 0 radical (unpaired) electrons. The number of hydrogen-bond donors (Lipinski definition) is 1. The number of anilines is 1. The van der Waals surface area contributed by atoms with E-state index >= 15 is 0 Å². The largest absolute Gasteiger partial charge is 0.364 e. The van der Waals surface area contributed by atoms with Gasteiger partial charge >= 0.3 is 0 Å². The molecule has 1 fully saturated rings. The third-order valence-corrected chi connectivity index (χ3v) is 4.04. The number of likely N-dealkylation sites (tertiary alicyclic amines) is 1. The van der Waals surface area contributed by atoms with Crippen LogP contribution in [-0.4, -0.2) is 49.7 Å². The van der Waals surface area contributed by atoms with Gasteiger partial charge in [0.1, 0.15) is 5.82 Å². The van der Waals surface area contributed by atoms with Gasteiger partial charge in [-0.25, -0.2) is 9.67 Å². The molecule has 1 atom stereocenters. The first kappa shape index (κ1) is 15.5. The Hall–Kier alpha value is -2.44. The highest BCUT2D eigenvalue weighted by Gasteiger charge is 2.25. The molecule has 7 heteroatoms. The Balaban J connectivity index is 1.71. The molecule has 3 rings (SSSR count). The molecule has 0 saturated carbocycles. The van der Waals surface area contributed by atoms with Crippen LogP contribution >= 0.6 is 0 Å². The first-order valence-corrected chi connectivity index (χ1v) is 7.97. The number of amides is 1. The minimum Gasteiger partial charge on any atom is -0.364 e. The molecule has 1 N–H and O–H groups in total. The second-order valence-electron chi connectivity index (χ2n) is 5.92. The molecule has 1 aliphatic rings. The van der Waals surface area contributed by atoms with Crippen LogP contribution in [0.4, 0.5) is 5.82 Å². The molecular weight excluding hydrogens is 292 g/mol. The summed E-state index contributed by atoms with van der Waals surface area (Å²) >= 11 is 0. The highest BCUT2D eigenvalue weighted by molar-refractivity contribution is 5.76. The standard InChI is InChI=1S/C16H22N6O/c1-4-16(23)21-6-5-13(10-21)18-14-8-17-9-15(19-14)22-12(3)7-11(2)20-22/h7-9,13H,4-6,10H2,1-3H3,(H,18,19). The Morgan fingerprint density at radius 3 is 2.91 bits per heavy atom. The summed E-state index contributed by atoms with van der Waals surface area (Å²) in [6.07, 6.45) is 4.89. The van der Waals surface area contributed by atoms with Crippen LogP contribution in [0.3, 0.4) is 0 Å². The zero-order chi connectivity index (χ0) is 16.4. The molecule has 1 amide bonds. The van der Waals surface area contributed by atoms with Gasteiger partial charge in [-0.1, -0.05) is 6.92 Å². The van der Waals surface area contributed by atoms with E-state index in [4.69, 9.17) is 0 Å². The number of rotatable bonds is 4. The van der Waals surface area contributed by atoms with Crippen molar-refractivity contribution < 1.29 is 4.79 Å². The summed E-state index contributed by atoms with van der Waals surface area (Å²) in [4.78, 5) is 22.5. The summed E-state index contributed by atoms with van der Waals surface area (Å²) < 4.78 is 1.79. The van der Waals surface area contributed by atoms with E-state index in [0.717, 1.165) is 30.9 Å². The first-order valence-electron chi connectivity index (χ1n) is 7.97. The van der Waals surface area contributed by atoms with Crippen molar-refractivity contribution >= 4 is 11.7 Å². The Morgan fingerprint density at radius 2 is 2.22 bits per heavy atom. The number of aryl methyl sites for hydroxylation is 2. The minimum absolute atomic E-state index is 0.205. The topological polar surface area (TPSA) is 75.9 Å². The maximum Gasteiger partial charge on any atom is 0.222 e. The molecule has 1 saturated heterocycles. The van der Waals surface area contributed by atoms with Crippen molar-refractivity contribution in [2.45, 2.75) is 39.7 Å². The van der Waals surface area contributed by atoms with Gasteiger partial charge in [-0.3, -0.25) is 9.78 Å². The lowest BCUT2D eigenvalue weighted by Gasteiger charge is -2.16. The van der Waals surface area contributed by atoms with Gasteiger partial charge in [0, 0.05) is 31.2 Å². The molecule has 1 unspecified atom stereocenters. The molecular formula is C16H22N6O. The van der Waals surface area contributed by atoms with Gasteiger partial charge in [-0.15, -0.1) is 0 Å². The van der Waals surface area contributed by atoms with Gasteiger partial charge in [-0.2, -0.15) is 5.10 Å². The van der Waals surface area contributed by atoms with Crippen molar-refractivity contribution in [2.24, 2.45) is 0 Å². The summed E-state index contributed by atoms with van der Waals surface area (Å²) in [5.41, 5.74) is 1.97. The third-order valence-electron chi connectivity index (χ3n) is 4.04. The molecule has 122 valence electrons. The van der Waals surface area contributed by atoms with E-state index in [9.17, 15) is 4.79 Å². The van der Waals surface area contributed by atoms with E-state index in [0.29, 0.717) is 18.1 Å². The third kappa shape index (κ3) is 3.33. The van der Waals surface area contributed by atoms with Gasteiger partial charge in [0.05, 0.1) is 18.1 Å². The fraction of sp³-hybridized carbons (Fsp3) is 0.500. The summed E-state index contributed by atoms with van der Waals surface area (Å²) in [6, 6.07) is 2.22. The van der Waals surface area contributed by atoms with E-state index in [2.05, 4.69) is 20.4 Å². The van der Waals surface area contributed by atoms with Crippen LogP contribution in [0.25, 0.3) is 5.82 Å². The lowest BCUT2D eigenvalue weighted by Crippen LogP contribution is -2.31. The fourth-order valence-electron chi connectivity index (χ4n) is 2.93. The summed E-state index contributed by atoms with van der Waals surface area (Å²) in [6.45, 7) is 7.36. The van der Waals surface area contributed by atoms with E-state index in [1.54, 1.807) is 17.1 Å². The number of carbonyl (C=O) groups is 1. The first-order chi connectivity index (χ1) is 11.1. The van der Waals surface area contributed by atoms with Crippen LogP contribution < -0.4 is 5.32 Å². The molecule has 2 aromatic heterocycles. The number of hydrogen-bond acceptors (Lipinski definition) is 5. The molecule has 0 bridgehead atoms.